The van der Waals surface area contributed by atoms with E-state index in [1.54, 1.807) is 6.07 Å². The maximum absolute atomic E-state index is 12.8. The first-order valence-corrected chi connectivity index (χ1v) is 8.95. The molecule has 0 bridgehead atoms. The lowest BCUT2D eigenvalue weighted by molar-refractivity contribution is -0.137. The molecule has 0 aliphatic carbocycles. The Morgan fingerprint density at radius 2 is 1.68 bits per heavy atom. The number of halogens is 4. The van der Waals surface area contributed by atoms with E-state index in [0.717, 1.165) is 17.7 Å². The van der Waals surface area contributed by atoms with Crippen LogP contribution in [0, 0.1) is 0 Å². The molecule has 0 aliphatic heterocycles. The van der Waals surface area contributed by atoms with Crippen molar-refractivity contribution in [3.63, 3.8) is 0 Å². The van der Waals surface area contributed by atoms with Crippen molar-refractivity contribution in [2.45, 2.75) is 26.1 Å². The number of anilines is 3. The Morgan fingerprint density at radius 3 is 2.29 bits per heavy atom. The molecule has 0 amide bonds. The second kappa shape index (κ2) is 8.06. The molecule has 3 rings (SSSR count). The zero-order valence-electron chi connectivity index (χ0n) is 15.2. The van der Waals surface area contributed by atoms with Crippen molar-refractivity contribution in [3.05, 3.63) is 65.2 Å². The minimum absolute atomic E-state index is 0.0481. The van der Waals surface area contributed by atoms with E-state index in [1.165, 1.54) is 6.07 Å². The smallest absolute Gasteiger partial charge is 0.352 e. The third-order valence-corrected chi connectivity index (χ3v) is 4.09. The molecule has 0 atom stereocenters. The average Bonchev–Trinajstić information content (AvgIpc) is 2.62. The molecule has 4 nitrogen and oxygen atoms in total. The Balaban J connectivity index is 1.97. The van der Waals surface area contributed by atoms with Gasteiger partial charge in [-0.3, -0.25) is 0 Å². The summed E-state index contributed by atoms with van der Waals surface area (Å²) in [4.78, 5) is 8.90. The number of nitrogens with one attached hydrogen (secondary N) is 2. The maximum Gasteiger partial charge on any atom is 0.416 e. The van der Waals surface area contributed by atoms with Crippen LogP contribution in [0.4, 0.5) is 30.6 Å². The van der Waals surface area contributed by atoms with Crippen LogP contribution in [0.1, 0.15) is 19.4 Å². The highest BCUT2D eigenvalue weighted by Gasteiger charge is 2.30. The predicted molar refractivity (Wildman–Crippen MR) is 106 cm³/mol. The van der Waals surface area contributed by atoms with Gasteiger partial charge in [0.1, 0.15) is 5.82 Å². The van der Waals surface area contributed by atoms with E-state index >= 15 is 0 Å². The third-order valence-electron chi connectivity index (χ3n) is 3.77. The number of hydrogen-bond donors (Lipinski definition) is 2. The molecule has 3 aromatic rings. The van der Waals surface area contributed by atoms with E-state index in [4.69, 9.17) is 11.6 Å². The molecule has 8 heteroatoms. The summed E-state index contributed by atoms with van der Waals surface area (Å²) in [5.41, 5.74) is 1.07. The van der Waals surface area contributed by atoms with E-state index in [0.29, 0.717) is 23.1 Å². The molecule has 2 aromatic carbocycles. The fraction of sp³-hybridized carbons (Fsp3) is 0.200. The van der Waals surface area contributed by atoms with Gasteiger partial charge in [-0.05, 0) is 32.0 Å². The molecular formula is C20H18ClF3N4. The van der Waals surface area contributed by atoms with Crippen LogP contribution < -0.4 is 10.6 Å². The molecule has 0 radical (unpaired) electrons. The lowest BCUT2D eigenvalue weighted by atomic mass is 10.1. The molecule has 0 fully saturated rings. The van der Waals surface area contributed by atoms with Gasteiger partial charge in [0.05, 0.1) is 22.0 Å². The molecule has 28 heavy (non-hydrogen) atoms. The standard InChI is InChI=1S/C20H18ClF3N4/c1-12(2)25-19-27-17(13-6-4-3-5-7-13)11-18(28-19)26-16-9-8-14(10-15(16)21)20(22,23)24/h3-12H,1-2H3,(H2,25,26,27,28). The highest BCUT2D eigenvalue weighted by atomic mass is 35.5. The topological polar surface area (TPSA) is 49.8 Å². The molecule has 0 saturated carbocycles. The Morgan fingerprint density at radius 1 is 0.964 bits per heavy atom. The number of hydrogen-bond acceptors (Lipinski definition) is 4. The van der Waals surface area contributed by atoms with Crippen LogP contribution in [0.2, 0.25) is 5.02 Å². The minimum Gasteiger partial charge on any atom is -0.352 e. The van der Waals surface area contributed by atoms with Crippen molar-refractivity contribution in [2.75, 3.05) is 10.6 Å². The van der Waals surface area contributed by atoms with E-state index < -0.39 is 11.7 Å². The third kappa shape index (κ3) is 4.92. The molecule has 0 saturated heterocycles. The Hall–Kier alpha value is -2.80. The van der Waals surface area contributed by atoms with Gasteiger partial charge in [-0.25, -0.2) is 4.98 Å². The van der Waals surface area contributed by atoms with Gasteiger partial charge in [0.2, 0.25) is 5.95 Å². The van der Waals surface area contributed by atoms with E-state index in [2.05, 4.69) is 20.6 Å². The Bertz CT molecular complexity index is 959. The largest absolute Gasteiger partial charge is 0.416 e. The predicted octanol–water partition coefficient (Wildman–Crippen LogP) is 6.38. The van der Waals surface area contributed by atoms with Gasteiger partial charge in [-0.1, -0.05) is 41.9 Å². The second-order valence-electron chi connectivity index (χ2n) is 6.44. The van der Waals surface area contributed by atoms with Crippen molar-refractivity contribution >= 4 is 29.1 Å². The summed E-state index contributed by atoms with van der Waals surface area (Å²) in [5.74, 6) is 0.820. The molecule has 1 heterocycles. The zero-order chi connectivity index (χ0) is 20.3. The molecular weight excluding hydrogens is 389 g/mol. The summed E-state index contributed by atoms with van der Waals surface area (Å²) in [6, 6.07) is 14.5. The molecule has 0 unspecified atom stereocenters. The van der Waals surface area contributed by atoms with Crippen LogP contribution in [0.25, 0.3) is 11.3 Å². The second-order valence-corrected chi connectivity index (χ2v) is 6.85. The first kappa shape index (κ1) is 19.9. The van der Waals surface area contributed by atoms with Gasteiger partial charge in [0.15, 0.2) is 0 Å². The first-order chi connectivity index (χ1) is 13.2. The van der Waals surface area contributed by atoms with Gasteiger partial charge in [-0.15, -0.1) is 0 Å². The summed E-state index contributed by atoms with van der Waals surface area (Å²) in [7, 11) is 0. The Labute approximate surface area is 165 Å². The van der Waals surface area contributed by atoms with Crippen molar-refractivity contribution in [1.29, 1.82) is 0 Å². The Kier molecular flexibility index (Phi) is 5.74. The molecule has 2 N–H and O–H groups in total. The molecule has 0 aliphatic rings. The summed E-state index contributed by atoms with van der Waals surface area (Å²) < 4.78 is 38.5. The molecule has 0 spiro atoms. The molecule has 146 valence electrons. The quantitative estimate of drug-likeness (QED) is 0.516. The van der Waals surface area contributed by atoms with Crippen LogP contribution >= 0.6 is 11.6 Å². The van der Waals surface area contributed by atoms with Gasteiger partial charge < -0.3 is 10.6 Å². The highest BCUT2D eigenvalue weighted by Crippen LogP contribution is 2.35. The van der Waals surface area contributed by atoms with E-state index in [1.807, 2.05) is 44.2 Å². The van der Waals surface area contributed by atoms with Crippen LogP contribution in [0.5, 0.6) is 0 Å². The number of benzene rings is 2. The fourth-order valence-corrected chi connectivity index (χ4v) is 2.75. The van der Waals surface area contributed by atoms with Gasteiger partial charge in [0.25, 0.3) is 0 Å². The monoisotopic (exact) mass is 406 g/mol. The van der Waals surface area contributed by atoms with E-state index in [-0.39, 0.29) is 11.1 Å². The van der Waals surface area contributed by atoms with Crippen LogP contribution in [0.15, 0.2) is 54.6 Å². The van der Waals surface area contributed by atoms with Crippen molar-refractivity contribution in [1.82, 2.24) is 9.97 Å². The number of alkyl halides is 3. The normalized spacial score (nSPS) is 11.5. The summed E-state index contributed by atoms with van der Waals surface area (Å²) >= 11 is 6.04. The maximum atomic E-state index is 12.8. The fourth-order valence-electron chi connectivity index (χ4n) is 2.52. The lowest BCUT2D eigenvalue weighted by Gasteiger charge is -2.14. The van der Waals surface area contributed by atoms with E-state index in [9.17, 15) is 13.2 Å². The molecule has 1 aromatic heterocycles. The number of rotatable bonds is 5. The van der Waals surface area contributed by atoms with Crippen LogP contribution in [-0.2, 0) is 6.18 Å². The SMILES string of the molecule is CC(C)Nc1nc(Nc2ccc(C(F)(F)F)cc2Cl)cc(-c2ccccc2)n1. The van der Waals surface area contributed by atoms with Crippen molar-refractivity contribution < 1.29 is 13.2 Å². The lowest BCUT2D eigenvalue weighted by Crippen LogP contribution is -2.13. The summed E-state index contributed by atoms with van der Waals surface area (Å²) in [6.45, 7) is 3.91. The number of nitrogens with zero attached hydrogens (tertiary/aromatic N) is 2. The minimum atomic E-state index is -4.45. The van der Waals surface area contributed by atoms with Crippen LogP contribution in [-0.4, -0.2) is 16.0 Å². The zero-order valence-corrected chi connectivity index (χ0v) is 15.9. The first-order valence-electron chi connectivity index (χ1n) is 8.57. The summed E-state index contributed by atoms with van der Waals surface area (Å²) in [5, 5.41) is 6.08. The van der Waals surface area contributed by atoms with Crippen LogP contribution in [0.3, 0.4) is 0 Å². The number of aromatic nitrogens is 2. The average molecular weight is 407 g/mol. The highest BCUT2D eigenvalue weighted by molar-refractivity contribution is 6.33. The van der Waals surface area contributed by atoms with Gasteiger partial charge in [0, 0.05) is 17.7 Å². The van der Waals surface area contributed by atoms with Gasteiger partial charge in [-0.2, -0.15) is 18.2 Å². The van der Waals surface area contributed by atoms with Crippen molar-refractivity contribution in [3.8, 4) is 11.3 Å². The summed E-state index contributed by atoms with van der Waals surface area (Å²) in [6.07, 6.45) is -4.45. The van der Waals surface area contributed by atoms with Crippen molar-refractivity contribution in [2.24, 2.45) is 0 Å². The van der Waals surface area contributed by atoms with Gasteiger partial charge >= 0.3 is 6.18 Å².